The second kappa shape index (κ2) is 6.69. The van der Waals surface area contributed by atoms with Crippen molar-refractivity contribution in [1.29, 1.82) is 0 Å². The Hall–Kier alpha value is -1.38. The molecule has 0 aliphatic rings. The molecule has 0 fully saturated rings. The SMILES string of the molecule is COc1ccc(CCl)cc1Oc1ccc(CCl)cc1. The van der Waals surface area contributed by atoms with Gasteiger partial charge in [0.25, 0.3) is 0 Å². The summed E-state index contributed by atoms with van der Waals surface area (Å²) in [5, 5.41) is 0. The van der Waals surface area contributed by atoms with Gasteiger partial charge >= 0.3 is 0 Å². The second-order valence-corrected chi connectivity index (χ2v) is 4.53. The smallest absolute Gasteiger partial charge is 0.169 e. The van der Waals surface area contributed by atoms with Gasteiger partial charge < -0.3 is 9.47 Å². The van der Waals surface area contributed by atoms with Gasteiger partial charge in [-0.2, -0.15) is 0 Å². The van der Waals surface area contributed by atoms with Crippen LogP contribution in [0.15, 0.2) is 42.5 Å². The molecule has 0 amide bonds. The number of benzene rings is 2. The highest BCUT2D eigenvalue weighted by atomic mass is 35.5. The Kier molecular flexibility index (Phi) is 4.94. The first kappa shape index (κ1) is 14.0. The predicted molar refractivity (Wildman–Crippen MR) is 78.6 cm³/mol. The van der Waals surface area contributed by atoms with Gasteiger partial charge in [0.15, 0.2) is 11.5 Å². The lowest BCUT2D eigenvalue weighted by atomic mass is 10.2. The van der Waals surface area contributed by atoms with Crippen molar-refractivity contribution in [2.75, 3.05) is 7.11 Å². The number of methoxy groups -OCH3 is 1. The maximum absolute atomic E-state index is 5.83. The molecule has 2 aromatic carbocycles. The average Bonchev–Trinajstić information content (AvgIpc) is 2.48. The topological polar surface area (TPSA) is 18.5 Å². The van der Waals surface area contributed by atoms with Crippen molar-refractivity contribution < 1.29 is 9.47 Å². The number of alkyl halides is 2. The molecule has 100 valence electrons. The van der Waals surface area contributed by atoms with Gasteiger partial charge in [-0.1, -0.05) is 18.2 Å². The Morgan fingerprint density at radius 1 is 0.842 bits per heavy atom. The normalized spacial score (nSPS) is 10.3. The molecule has 19 heavy (non-hydrogen) atoms. The molecule has 2 rings (SSSR count). The van der Waals surface area contributed by atoms with Crippen molar-refractivity contribution in [1.82, 2.24) is 0 Å². The molecule has 0 aliphatic carbocycles. The van der Waals surface area contributed by atoms with Crippen molar-refractivity contribution in [3.63, 3.8) is 0 Å². The summed E-state index contributed by atoms with van der Waals surface area (Å²) in [7, 11) is 1.61. The Morgan fingerprint density at radius 3 is 2.05 bits per heavy atom. The maximum atomic E-state index is 5.83. The fourth-order valence-electron chi connectivity index (χ4n) is 1.66. The molecule has 0 aromatic heterocycles. The molecule has 0 bridgehead atoms. The van der Waals surface area contributed by atoms with Crippen LogP contribution in [0.2, 0.25) is 0 Å². The van der Waals surface area contributed by atoms with E-state index in [-0.39, 0.29) is 0 Å². The summed E-state index contributed by atoms with van der Waals surface area (Å²) in [5.74, 6) is 2.99. The standard InChI is InChI=1S/C15H14Cl2O2/c1-18-14-7-4-12(10-17)8-15(14)19-13-5-2-11(9-16)3-6-13/h2-8H,9-10H2,1H3. The lowest BCUT2D eigenvalue weighted by Gasteiger charge is -2.11. The van der Waals surface area contributed by atoms with E-state index in [1.54, 1.807) is 7.11 Å². The first-order valence-corrected chi connectivity index (χ1v) is 6.89. The lowest BCUT2D eigenvalue weighted by molar-refractivity contribution is 0.378. The van der Waals surface area contributed by atoms with Crippen LogP contribution in [0.5, 0.6) is 17.2 Å². The van der Waals surface area contributed by atoms with Crippen LogP contribution in [0, 0.1) is 0 Å². The van der Waals surface area contributed by atoms with Gasteiger partial charge in [-0.15, -0.1) is 23.2 Å². The van der Waals surface area contributed by atoms with Crippen molar-refractivity contribution in [3.8, 4) is 17.2 Å². The third kappa shape index (κ3) is 3.55. The van der Waals surface area contributed by atoms with Gasteiger partial charge in [-0.25, -0.2) is 0 Å². The summed E-state index contributed by atoms with van der Waals surface area (Å²) < 4.78 is 11.1. The highest BCUT2D eigenvalue weighted by Gasteiger charge is 2.07. The molecule has 0 spiro atoms. The highest BCUT2D eigenvalue weighted by molar-refractivity contribution is 6.17. The minimum absolute atomic E-state index is 0.436. The maximum Gasteiger partial charge on any atom is 0.169 e. The van der Waals surface area contributed by atoms with Gasteiger partial charge in [0, 0.05) is 11.8 Å². The Bertz CT molecular complexity index is 538. The van der Waals surface area contributed by atoms with E-state index in [2.05, 4.69) is 0 Å². The summed E-state index contributed by atoms with van der Waals surface area (Å²) >= 11 is 11.6. The molecular weight excluding hydrogens is 283 g/mol. The van der Waals surface area contributed by atoms with Gasteiger partial charge in [-0.3, -0.25) is 0 Å². The molecular formula is C15H14Cl2O2. The molecule has 0 heterocycles. The average molecular weight is 297 g/mol. The molecule has 0 saturated heterocycles. The molecule has 0 radical (unpaired) electrons. The Balaban J connectivity index is 2.25. The van der Waals surface area contributed by atoms with Crippen LogP contribution in [0.1, 0.15) is 11.1 Å². The second-order valence-electron chi connectivity index (χ2n) is 4.00. The van der Waals surface area contributed by atoms with Crippen molar-refractivity contribution >= 4 is 23.2 Å². The van der Waals surface area contributed by atoms with E-state index in [4.69, 9.17) is 32.7 Å². The monoisotopic (exact) mass is 296 g/mol. The first-order chi connectivity index (χ1) is 9.26. The third-order valence-electron chi connectivity index (χ3n) is 2.69. The predicted octanol–water partition coefficient (Wildman–Crippen LogP) is 4.97. The number of hydrogen-bond acceptors (Lipinski definition) is 2. The van der Waals surface area contributed by atoms with Crippen molar-refractivity contribution in [2.45, 2.75) is 11.8 Å². The van der Waals surface area contributed by atoms with Gasteiger partial charge in [0.1, 0.15) is 5.75 Å². The van der Waals surface area contributed by atoms with E-state index in [0.717, 1.165) is 16.9 Å². The quantitative estimate of drug-likeness (QED) is 0.726. The molecule has 0 N–H and O–H groups in total. The fourth-order valence-corrected chi connectivity index (χ4v) is 2.00. The van der Waals surface area contributed by atoms with Crippen LogP contribution >= 0.6 is 23.2 Å². The van der Waals surface area contributed by atoms with Crippen LogP contribution in [0.4, 0.5) is 0 Å². The van der Waals surface area contributed by atoms with E-state index in [1.807, 2.05) is 42.5 Å². The lowest BCUT2D eigenvalue weighted by Crippen LogP contribution is -1.92. The molecule has 0 atom stereocenters. The van der Waals surface area contributed by atoms with E-state index in [9.17, 15) is 0 Å². The number of hydrogen-bond donors (Lipinski definition) is 0. The van der Waals surface area contributed by atoms with Gasteiger partial charge in [0.2, 0.25) is 0 Å². The zero-order valence-electron chi connectivity index (χ0n) is 10.5. The van der Waals surface area contributed by atoms with Crippen molar-refractivity contribution in [2.24, 2.45) is 0 Å². The summed E-state index contributed by atoms with van der Waals surface area (Å²) in [4.78, 5) is 0. The Morgan fingerprint density at radius 2 is 1.47 bits per heavy atom. The zero-order valence-corrected chi connectivity index (χ0v) is 12.0. The number of ether oxygens (including phenoxy) is 2. The Labute approximate surface area is 122 Å². The molecule has 4 heteroatoms. The van der Waals surface area contributed by atoms with Gasteiger partial charge in [0.05, 0.1) is 7.11 Å². The van der Waals surface area contributed by atoms with Crippen LogP contribution in [0.3, 0.4) is 0 Å². The van der Waals surface area contributed by atoms with Crippen LogP contribution < -0.4 is 9.47 Å². The minimum Gasteiger partial charge on any atom is -0.493 e. The molecule has 0 unspecified atom stereocenters. The summed E-state index contributed by atoms with van der Waals surface area (Å²) in [6.07, 6.45) is 0. The summed E-state index contributed by atoms with van der Waals surface area (Å²) in [6.45, 7) is 0. The van der Waals surface area contributed by atoms with Crippen LogP contribution in [-0.2, 0) is 11.8 Å². The molecule has 2 nitrogen and oxygen atoms in total. The highest BCUT2D eigenvalue weighted by Crippen LogP contribution is 2.32. The van der Waals surface area contributed by atoms with Crippen LogP contribution in [-0.4, -0.2) is 7.11 Å². The summed E-state index contributed by atoms with van der Waals surface area (Å²) in [5.41, 5.74) is 2.03. The minimum atomic E-state index is 0.436. The molecule has 0 aliphatic heterocycles. The number of halogens is 2. The van der Waals surface area contributed by atoms with E-state index < -0.39 is 0 Å². The van der Waals surface area contributed by atoms with Gasteiger partial charge in [-0.05, 0) is 35.4 Å². The molecule has 0 saturated carbocycles. The van der Waals surface area contributed by atoms with E-state index >= 15 is 0 Å². The van der Waals surface area contributed by atoms with Crippen molar-refractivity contribution in [3.05, 3.63) is 53.6 Å². The number of rotatable bonds is 5. The third-order valence-corrected chi connectivity index (χ3v) is 3.31. The largest absolute Gasteiger partial charge is 0.493 e. The first-order valence-electron chi connectivity index (χ1n) is 5.82. The fraction of sp³-hybridized carbons (Fsp3) is 0.200. The van der Waals surface area contributed by atoms with E-state index in [1.165, 1.54) is 0 Å². The van der Waals surface area contributed by atoms with Crippen LogP contribution in [0.25, 0.3) is 0 Å². The molecule has 2 aromatic rings. The van der Waals surface area contributed by atoms with E-state index in [0.29, 0.717) is 23.3 Å². The summed E-state index contributed by atoms with van der Waals surface area (Å²) in [6, 6.07) is 13.3. The zero-order chi connectivity index (χ0) is 13.7.